The predicted molar refractivity (Wildman–Crippen MR) is 369 cm³/mol. The van der Waals surface area contributed by atoms with Crippen LogP contribution < -0.4 is 37.1 Å². The number of anilines is 1. The van der Waals surface area contributed by atoms with Crippen molar-refractivity contribution in [2.75, 3.05) is 67.4 Å². The lowest BCUT2D eigenvalue weighted by atomic mass is 9.83. The van der Waals surface area contributed by atoms with Crippen molar-refractivity contribution in [3.05, 3.63) is 71.8 Å². The zero-order valence-corrected chi connectivity index (χ0v) is 60.2. The lowest BCUT2D eigenvalue weighted by molar-refractivity contribution is -0.149. The van der Waals surface area contributed by atoms with E-state index in [4.69, 9.17) is 24.7 Å². The number of methoxy groups -OCH3 is 3. The third kappa shape index (κ3) is 24.6. The fraction of sp³-hybridized carbons (Fsp3) is 0.653. The number of likely N-dealkylation sites (tertiary alicyclic amines) is 1. The third-order valence-corrected chi connectivity index (χ3v) is 18.9. The highest BCUT2D eigenvalue weighted by Crippen LogP contribution is 2.32. The lowest BCUT2D eigenvalue weighted by Crippen LogP contribution is -2.55. The highest BCUT2D eigenvalue weighted by Gasteiger charge is 2.44. The molecule has 0 bridgehead atoms. The second-order valence-corrected chi connectivity index (χ2v) is 27.3. The highest BCUT2D eigenvalue weighted by molar-refractivity contribution is 6.12. The Morgan fingerprint density at radius 1 is 0.711 bits per heavy atom. The number of hydrogen-bond donors (Lipinski definition) is 6. The van der Waals surface area contributed by atoms with E-state index in [1.165, 1.54) is 26.4 Å². The minimum absolute atomic E-state index is 0.00799. The fourth-order valence-corrected chi connectivity index (χ4v) is 13.3. The Hall–Kier alpha value is -7.77. The van der Waals surface area contributed by atoms with E-state index >= 15 is 0 Å². The molecule has 0 spiro atoms. The molecule has 0 saturated carbocycles. The monoisotopic (exact) mass is 1360 g/mol. The Labute approximate surface area is 574 Å². The standard InChI is InChI=1S/C72H112N10O15/c1-17-46(8)66(80(13)70(91)54(43(2)3)40-57(84)65(45(6)7)79(11)12)58(95-15)41-62(88)81-38-22-24-55(81)67(96-16)47(9)68(89)75-48(10)64(50-28-32-53(94-14)33-29-50)78-72(93)97-42-49-26-30-52(31-27-49)76-69(90)51(23-21-36-74-71(73)92)39-56(83)63(44(4)5)77-59(85)25-19-18-20-37-82-60(86)34-35-61(82)87/h26-35,43-48,51,54-55,58,63-67H,17-25,36-42H2,1-16H3,(H,75,89)(H,76,90)(H,77,85)(H,78,93)(H3,73,74,92)/t46-,47+,48+,51+,54-,55-,58+,63-,64?,65-,66-,67+/m0/s1. The zero-order valence-electron chi connectivity index (χ0n) is 60.2. The van der Waals surface area contributed by atoms with Crippen LogP contribution in [0.1, 0.15) is 163 Å². The summed E-state index contributed by atoms with van der Waals surface area (Å²) in [6, 6.07) is 9.09. The first-order valence-corrected chi connectivity index (χ1v) is 34.4. The molecule has 540 valence electrons. The predicted octanol–water partition coefficient (Wildman–Crippen LogP) is 7.49. The third-order valence-electron chi connectivity index (χ3n) is 18.9. The number of urea groups is 1. The summed E-state index contributed by atoms with van der Waals surface area (Å²) in [5.74, 6) is -4.74. The van der Waals surface area contributed by atoms with Crippen molar-refractivity contribution in [3.63, 3.8) is 0 Å². The number of primary amides is 1. The molecule has 12 atom stereocenters. The van der Waals surface area contributed by atoms with Crippen LogP contribution in [-0.2, 0) is 64.0 Å². The number of carbonyl (C=O) groups excluding carboxylic acids is 11. The molecule has 0 aliphatic carbocycles. The molecule has 1 saturated heterocycles. The van der Waals surface area contributed by atoms with Gasteiger partial charge >= 0.3 is 12.1 Å². The first-order chi connectivity index (χ1) is 45.9. The molecule has 7 N–H and O–H groups in total. The number of unbranched alkanes of at least 4 members (excludes halogenated alkanes) is 2. The largest absolute Gasteiger partial charge is 0.497 e. The SMILES string of the molecule is CC[C@H](C)[C@@H]([C@@H](CC(=O)N1CCC[C@H]1[C@H](OC)[C@@H](C)C(=O)N[C@H](C)C(NC(=O)OCc1ccc(NC(=O)[C@H](CCCNC(N)=O)CC(=O)[C@@H](NC(=O)CCCCCN2C(=O)C=CC2=O)C(C)C)cc1)c1ccc(OC)cc1)OC)N(C)C(=O)[C@@H](CC(=O)[C@H](C(C)C)N(C)C)C(C)C. The van der Waals surface area contributed by atoms with Crippen LogP contribution in [0.5, 0.6) is 5.75 Å². The quantitative estimate of drug-likeness (QED) is 0.0277. The van der Waals surface area contributed by atoms with Gasteiger partial charge in [0.05, 0.1) is 67.9 Å². The molecule has 2 aliphatic rings. The van der Waals surface area contributed by atoms with Gasteiger partial charge in [0.25, 0.3) is 11.8 Å². The highest BCUT2D eigenvalue weighted by atomic mass is 16.5. The van der Waals surface area contributed by atoms with E-state index in [0.717, 1.165) is 4.90 Å². The molecular weight excluding hydrogens is 1240 g/mol. The number of rotatable bonds is 42. The van der Waals surface area contributed by atoms with E-state index in [1.807, 2.05) is 60.5 Å². The molecule has 1 fully saturated rings. The molecule has 0 radical (unpaired) electrons. The normalized spacial score (nSPS) is 17.3. The Bertz CT molecular complexity index is 2950. The number of alkyl carbamates (subject to hydrolysis) is 1. The van der Waals surface area contributed by atoms with Crippen molar-refractivity contribution in [2.45, 2.75) is 201 Å². The van der Waals surface area contributed by atoms with Gasteiger partial charge in [-0.05, 0) is 119 Å². The van der Waals surface area contributed by atoms with E-state index in [1.54, 1.807) is 100 Å². The Morgan fingerprint density at radius 3 is 1.92 bits per heavy atom. The fourth-order valence-electron chi connectivity index (χ4n) is 13.3. The summed E-state index contributed by atoms with van der Waals surface area (Å²) >= 11 is 0. The van der Waals surface area contributed by atoms with Crippen LogP contribution in [0, 0.1) is 41.4 Å². The van der Waals surface area contributed by atoms with Gasteiger partial charge in [-0.3, -0.25) is 53.0 Å². The molecule has 2 aromatic rings. The van der Waals surface area contributed by atoms with Gasteiger partial charge in [-0.1, -0.05) is 99.4 Å². The maximum atomic E-state index is 14.6. The van der Waals surface area contributed by atoms with Gasteiger partial charge in [-0.2, -0.15) is 0 Å². The van der Waals surface area contributed by atoms with E-state index in [9.17, 15) is 52.7 Å². The molecule has 25 heteroatoms. The average Bonchev–Trinajstić information content (AvgIpc) is 1.80. The molecule has 2 aliphatic heterocycles. The molecule has 2 heterocycles. The van der Waals surface area contributed by atoms with Crippen LogP contribution in [0.25, 0.3) is 0 Å². The zero-order chi connectivity index (χ0) is 72.4. The average molecular weight is 1360 g/mol. The topological polar surface area (TPSA) is 324 Å². The molecule has 25 nitrogen and oxygen atoms in total. The summed E-state index contributed by atoms with van der Waals surface area (Å²) in [5.41, 5.74) is 6.86. The van der Waals surface area contributed by atoms with Crippen molar-refractivity contribution >= 4 is 70.7 Å². The van der Waals surface area contributed by atoms with E-state index < -0.39 is 78.2 Å². The summed E-state index contributed by atoms with van der Waals surface area (Å²) in [4.78, 5) is 154. The summed E-state index contributed by atoms with van der Waals surface area (Å²) < 4.78 is 23.4. The minimum atomic E-state index is -0.888. The molecule has 0 aromatic heterocycles. The number of nitrogens with one attached hydrogen (secondary N) is 5. The van der Waals surface area contributed by atoms with E-state index in [2.05, 4.69) is 26.6 Å². The van der Waals surface area contributed by atoms with Gasteiger partial charge in [0.15, 0.2) is 11.6 Å². The van der Waals surface area contributed by atoms with Crippen LogP contribution in [0.15, 0.2) is 60.7 Å². The van der Waals surface area contributed by atoms with Gasteiger partial charge in [0, 0.05) is 89.8 Å². The van der Waals surface area contributed by atoms with Crippen molar-refractivity contribution in [3.8, 4) is 5.75 Å². The molecule has 2 aromatic carbocycles. The first kappa shape index (κ1) is 81.7. The number of likely N-dealkylation sites (N-methyl/N-ethyl adjacent to an activating group) is 2. The minimum Gasteiger partial charge on any atom is -0.497 e. The smallest absolute Gasteiger partial charge is 0.408 e. The van der Waals surface area contributed by atoms with Gasteiger partial charge in [-0.25, -0.2) is 9.59 Å². The van der Waals surface area contributed by atoms with Gasteiger partial charge in [-0.15, -0.1) is 0 Å². The number of hydrogen-bond acceptors (Lipinski definition) is 16. The molecule has 4 rings (SSSR count). The van der Waals surface area contributed by atoms with Crippen molar-refractivity contribution in [2.24, 2.45) is 47.2 Å². The number of imide groups is 1. The van der Waals surface area contributed by atoms with Gasteiger partial charge < -0.3 is 61.1 Å². The Balaban J connectivity index is 1.42. The number of nitrogens with two attached hydrogens (primary N) is 1. The first-order valence-electron chi connectivity index (χ1n) is 34.4. The molecule has 1 unspecified atom stereocenters. The van der Waals surface area contributed by atoms with Gasteiger partial charge in [0.2, 0.25) is 29.5 Å². The molecular formula is C72H112N10O15. The summed E-state index contributed by atoms with van der Waals surface area (Å²) in [6.45, 7) is 19.7. The number of benzene rings is 2. The van der Waals surface area contributed by atoms with E-state index in [0.29, 0.717) is 74.1 Å². The maximum Gasteiger partial charge on any atom is 0.408 e. The van der Waals surface area contributed by atoms with Crippen LogP contribution in [-0.4, -0.2) is 189 Å². The van der Waals surface area contributed by atoms with Crippen LogP contribution in [0.2, 0.25) is 0 Å². The number of amides is 10. The summed E-state index contributed by atoms with van der Waals surface area (Å²) in [7, 11) is 10.1. The van der Waals surface area contributed by atoms with Crippen LogP contribution in [0.4, 0.5) is 15.3 Å². The second-order valence-electron chi connectivity index (χ2n) is 27.3. The molecule has 10 amide bonds. The number of Topliss-reactive ketones (excluding diaryl/α,β-unsaturated/α-hetero) is 2. The van der Waals surface area contributed by atoms with E-state index in [-0.39, 0.29) is 129 Å². The van der Waals surface area contributed by atoms with Crippen LogP contribution in [0.3, 0.4) is 0 Å². The number of ether oxygens (including phenoxy) is 4. The second kappa shape index (κ2) is 40.2. The van der Waals surface area contributed by atoms with Crippen LogP contribution >= 0.6 is 0 Å². The number of nitrogens with zero attached hydrogens (tertiary/aromatic N) is 4. The van der Waals surface area contributed by atoms with Gasteiger partial charge in [0.1, 0.15) is 12.4 Å². The Morgan fingerprint density at radius 2 is 1.36 bits per heavy atom. The van der Waals surface area contributed by atoms with Crippen molar-refractivity contribution < 1.29 is 71.7 Å². The maximum absolute atomic E-state index is 14.6. The molecule has 97 heavy (non-hydrogen) atoms. The number of ketones is 2. The van der Waals surface area contributed by atoms with Crippen molar-refractivity contribution in [1.29, 1.82) is 0 Å². The summed E-state index contributed by atoms with van der Waals surface area (Å²) in [6.07, 6.45) is 4.20. The lowest BCUT2D eigenvalue weighted by Gasteiger charge is -2.41. The van der Waals surface area contributed by atoms with Crippen molar-refractivity contribution in [1.82, 2.24) is 40.9 Å². The number of carbonyl (C=O) groups is 11. The summed E-state index contributed by atoms with van der Waals surface area (Å²) in [5, 5.41) is 14.2. The Kier molecular flexibility index (Phi) is 33.8.